The van der Waals surface area contributed by atoms with Gasteiger partial charge in [-0.2, -0.15) is 0 Å². The molecule has 0 aromatic heterocycles. The number of ether oxygens (including phenoxy) is 3. The second kappa shape index (κ2) is 7.11. The van der Waals surface area contributed by atoms with Crippen molar-refractivity contribution in [3.8, 4) is 11.5 Å². The third kappa shape index (κ3) is 3.53. The molecule has 1 heterocycles. The van der Waals surface area contributed by atoms with Crippen LogP contribution in [0.25, 0.3) is 6.08 Å². The lowest BCUT2D eigenvalue weighted by molar-refractivity contribution is -0.149. The predicted octanol–water partition coefficient (Wildman–Crippen LogP) is 4.82. The van der Waals surface area contributed by atoms with E-state index in [0.29, 0.717) is 17.6 Å². The zero-order valence-corrected chi connectivity index (χ0v) is 15.6. The highest BCUT2D eigenvalue weighted by Gasteiger charge is 2.49. The molecule has 0 amide bonds. The highest BCUT2D eigenvalue weighted by Crippen LogP contribution is 2.50. The molecule has 25 heavy (non-hydrogen) atoms. The highest BCUT2D eigenvalue weighted by atomic mass is 16.7. The largest absolute Gasteiger partial charge is 0.459 e. The number of rotatable bonds is 5. The van der Waals surface area contributed by atoms with Crippen LogP contribution in [0.2, 0.25) is 0 Å². The Hall–Kier alpha value is -1.97. The molecule has 0 spiro atoms. The summed E-state index contributed by atoms with van der Waals surface area (Å²) in [6.07, 6.45) is 6.41. The van der Waals surface area contributed by atoms with Crippen LogP contribution >= 0.6 is 0 Å². The van der Waals surface area contributed by atoms with E-state index in [2.05, 4.69) is 27.7 Å². The molecule has 136 valence electrons. The Bertz CT molecular complexity index is 666. The summed E-state index contributed by atoms with van der Waals surface area (Å²) in [7, 11) is 0. The maximum Gasteiger partial charge on any atom is 0.331 e. The van der Waals surface area contributed by atoms with Crippen LogP contribution in [-0.2, 0) is 9.53 Å². The molecule has 4 atom stereocenters. The van der Waals surface area contributed by atoms with Crippen LogP contribution in [0, 0.1) is 17.3 Å². The van der Waals surface area contributed by atoms with Gasteiger partial charge in [0.25, 0.3) is 0 Å². The van der Waals surface area contributed by atoms with Gasteiger partial charge in [0.1, 0.15) is 6.10 Å². The topological polar surface area (TPSA) is 44.8 Å². The maximum absolute atomic E-state index is 12.3. The van der Waals surface area contributed by atoms with E-state index in [-0.39, 0.29) is 24.3 Å². The van der Waals surface area contributed by atoms with E-state index in [0.717, 1.165) is 30.6 Å². The summed E-state index contributed by atoms with van der Waals surface area (Å²) in [6.45, 7) is 9.26. The molecular weight excluding hydrogens is 316 g/mol. The van der Waals surface area contributed by atoms with Gasteiger partial charge < -0.3 is 14.2 Å². The third-order valence-corrected chi connectivity index (χ3v) is 6.07. The fourth-order valence-electron chi connectivity index (χ4n) is 4.22. The minimum Gasteiger partial charge on any atom is -0.459 e. The average Bonchev–Trinajstić information content (AvgIpc) is 3.13. The van der Waals surface area contributed by atoms with Crippen molar-refractivity contribution in [1.29, 1.82) is 0 Å². The Labute approximate surface area is 150 Å². The van der Waals surface area contributed by atoms with Crippen LogP contribution in [0.3, 0.4) is 0 Å². The third-order valence-electron chi connectivity index (χ3n) is 6.07. The molecule has 3 rings (SSSR count). The van der Waals surface area contributed by atoms with Gasteiger partial charge in [-0.25, -0.2) is 4.79 Å². The van der Waals surface area contributed by atoms with Crippen molar-refractivity contribution in [3.05, 3.63) is 29.8 Å². The van der Waals surface area contributed by atoms with Gasteiger partial charge in [-0.05, 0) is 48.4 Å². The zero-order valence-electron chi connectivity index (χ0n) is 15.6. The zero-order chi connectivity index (χ0) is 18.0. The Kier molecular flexibility index (Phi) is 5.07. The van der Waals surface area contributed by atoms with Crippen LogP contribution in [-0.4, -0.2) is 18.9 Å². The van der Waals surface area contributed by atoms with E-state index in [4.69, 9.17) is 14.2 Å². The normalized spacial score (nSPS) is 30.8. The summed E-state index contributed by atoms with van der Waals surface area (Å²) in [5.74, 6) is 2.31. The molecule has 0 radical (unpaired) electrons. The van der Waals surface area contributed by atoms with Crippen LogP contribution < -0.4 is 9.47 Å². The van der Waals surface area contributed by atoms with Crippen LogP contribution in [0.1, 0.15) is 52.5 Å². The SMILES string of the molecule is CCCC1(C)C(OC(=O)C=Cc2ccc3c(c2)OCO3)CC(C)C1C. The smallest absolute Gasteiger partial charge is 0.331 e. The minimum atomic E-state index is -0.272. The first-order valence-corrected chi connectivity index (χ1v) is 9.22. The van der Waals surface area contributed by atoms with Crippen molar-refractivity contribution >= 4 is 12.0 Å². The van der Waals surface area contributed by atoms with Gasteiger partial charge in [-0.1, -0.05) is 40.2 Å². The molecule has 1 aliphatic carbocycles. The van der Waals surface area contributed by atoms with Crippen LogP contribution in [0.5, 0.6) is 11.5 Å². The first-order chi connectivity index (χ1) is 11.9. The number of hydrogen-bond acceptors (Lipinski definition) is 4. The van der Waals surface area contributed by atoms with Crippen molar-refractivity contribution in [2.75, 3.05) is 6.79 Å². The molecular formula is C21H28O4. The number of esters is 1. The molecule has 4 unspecified atom stereocenters. The van der Waals surface area contributed by atoms with Crippen molar-refractivity contribution in [2.45, 2.75) is 53.1 Å². The van der Waals surface area contributed by atoms with Crippen molar-refractivity contribution < 1.29 is 19.0 Å². The molecule has 2 aliphatic rings. The molecule has 1 aromatic rings. The molecule has 1 aliphatic heterocycles. The van der Waals surface area contributed by atoms with E-state index >= 15 is 0 Å². The summed E-state index contributed by atoms with van der Waals surface area (Å²) in [5, 5.41) is 0. The molecule has 1 aromatic carbocycles. The van der Waals surface area contributed by atoms with Gasteiger partial charge in [0.15, 0.2) is 11.5 Å². The fourth-order valence-corrected chi connectivity index (χ4v) is 4.22. The summed E-state index contributed by atoms with van der Waals surface area (Å²) in [5.41, 5.74) is 0.960. The van der Waals surface area contributed by atoms with Gasteiger partial charge >= 0.3 is 5.97 Å². The number of benzene rings is 1. The van der Waals surface area contributed by atoms with Gasteiger partial charge in [0.2, 0.25) is 6.79 Å². The molecule has 0 N–H and O–H groups in total. The van der Waals surface area contributed by atoms with E-state index in [1.54, 1.807) is 6.08 Å². The Morgan fingerprint density at radius 3 is 2.84 bits per heavy atom. The van der Waals surface area contributed by atoms with E-state index in [9.17, 15) is 4.79 Å². The molecule has 4 heteroatoms. The quantitative estimate of drug-likeness (QED) is 0.567. The molecule has 0 saturated heterocycles. The van der Waals surface area contributed by atoms with Crippen LogP contribution in [0.15, 0.2) is 24.3 Å². The Balaban J connectivity index is 1.65. The number of carbonyl (C=O) groups excluding carboxylic acids is 1. The lowest BCUT2D eigenvalue weighted by Gasteiger charge is -2.35. The lowest BCUT2D eigenvalue weighted by Crippen LogP contribution is -2.35. The summed E-state index contributed by atoms with van der Waals surface area (Å²) >= 11 is 0. The minimum absolute atomic E-state index is 0.00801. The van der Waals surface area contributed by atoms with E-state index in [1.807, 2.05) is 18.2 Å². The second-order valence-electron chi connectivity index (χ2n) is 7.63. The average molecular weight is 344 g/mol. The monoisotopic (exact) mass is 344 g/mol. The number of fused-ring (bicyclic) bond motifs is 1. The second-order valence-corrected chi connectivity index (χ2v) is 7.63. The molecule has 1 saturated carbocycles. The van der Waals surface area contributed by atoms with Crippen molar-refractivity contribution in [2.24, 2.45) is 17.3 Å². The van der Waals surface area contributed by atoms with Crippen LogP contribution in [0.4, 0.5) is 0 Å². The summed E-state index contributed by atoms with van der Waals surface area (Å²) < 4.78 is 16.5. The van der Waals surface area contributed by atoms with Gasteiger partial charge in [-0.3, -0.25) is 0 Å². The lowest BCUT2D eigenvalue weighted by atomic mass is 9.74. The summed E-state index contributed by atoms with van der Waals surface area (Å²) in [6, 6.07) is 5.62. The Morgan fingerprint density at radius 2 is 2.08 bits per heavy atom. The standard InChI is InChI=1S/C21H28O4/c1-5-10-21(4)15(3)14(2)11-19(21)25-20(22)9-7-16-6-8-17-18(12-16)24-13-23-17/h6-9,12,14-15,19H,5,10-11,13H2,1-4H3. The van der Waals surface area contributed by atoms with Gasteiger partial charge in [-0.15, -0.1) is 0 Å². The highest BCUT2D eigenvalue weighted by molar-refractivity contribution is 5.87. The predicted molar refractivity (Wildman–Crippen MR) is 97.4 cm³/mol. The fraction of sp³-hybridized carbons (Fsp3) is 0.571. The molecule has 4 nitrogen and oxygen atoms in total. The molecule has 1 fully saturated rings. The van der Waals surface area contributed by atoms with E-state index < -0.39 is 0 Å². The summed E-state index contributed by atoms with van der Waals surface area (Å²) in [4.78, 5) is 12.3. The molecule has 0 bridgehead atoms. The van der Waals surface area contributed by atoms with Crippen molar-refractivity contribution in [3.63, 3.8) is 0 Å². The first kappa shape index (κ1) is 17.8. The maximum atomic E-state index is 12.3. The van der Waals surface area contributed by atoms with E-state index in [1.165, 1.54) is 6.08 Å². The number of carbonyl (C=O) groups is 1. The number of hydrogen-bond donors (Lipinski definition) is 0. The van der Waals surface area contributed by atoms with Gasteiger partial charge in [0, 0.05) is 11.5 Å². The first-order valence-electron chi connectivity index (χ1n) is 9.22. The van der Waals surface area contributed by atoms with Crippen molar-refractivity contribution in [1.82, 2.24) is 0 Å². The Morgan fingerprint density at radius 1 is 1.32 bits per heavy atom. The van der Waals surface area contributed by atoms with Gasteiger partial charge in [0.05, 0.1) is 0 Å².